The molecule has 5 aromatic rings. The van der Waals surface area contributed by atoms with E-state index in [0.717, 1.165) is 34.0 Å². The maximum absolute atomic E-state index is 12.7. The summed E-state index contributed by atoms with van der Waals surface area (Å²) in [5.41, 5.74) is 6.65. The van der Waals surface area contributed by atoms with Crippen LogP contribution in [0.25, 0.3) is 16.9 Å². The number of aryl methyl sites for hydroxylation is 2. The molecule has 0 saturated heterocycles. The SMILES string of the molecule is Cc1cc(C)n(Cc2cc(-c3ccc[n+](CC(=O)c4ccccc4)c3)n(-c3ccccc3)n2)n1. The number of carbonyl (C=O) groups is 1. The van der Waals surface area contributed by atoms with Gasteiger partial charge in [0.15, 0.2) is 12.4 Å². The number of ketones is 1. The Labute approximate surface area is 198 Å². The largest absolute Gasteiger partial charge is 0.287 e. The van der Waals surface area contributed by atoms with Crippen molar-refractivity contribution in [2.75, 3.05) is 0 Å². The van der Waals surface area contributed by atoms with Crippen LogP contribution in [0.15, 0.2) is 97.3 Å². The number of hydrogen-bond acceptors (Lipinski definition) is 3. The van der Waals surface area contributed by atoms with Crippen molar-refractivity contribution in [2.24, 2.45) is 0 Å². The van der Waals surface area contributed by atoms with E-state index in [-0.39, 0.29) is 12.3 Å². The Kier molecular flexibility index (Phi) is 5.87. The Hall–Kier alpha value is -4.32. The Morgan fingerprint density at radius 2 is 1.62 bits per heavy atom. The van der Waals surface area contributed by atoms with Gasteiger partial charge in [-0.1, -0.05) is 48.5 Å². The first kappa shape index (κ1) is 21.5. The predicted octanol–water partition coefficient (Wildman–Crippen LogP) is 4.57. The van der Waals surface area contributed by atoms with Crippen molar-refractivity contribution in [3.8, 4) is 16.9 Å². The van der Waals surface area contributed by atoms with Gasteiger partial charge in [0, 0.05) is 17.3 Å². The van der Waals surface area contributed by atoms with Crippen LogP contribution in [0, 0.1) is 13.8 Å². The average Bonchev–Trinajstić information content (AvgIpc) is 3.42. The molecule has 3 aromatic heterocycles. The molecule has 168 valence electrons. The number of para-hydroxylation sites is 1. The van der Waals surface area contributed by atoms with Crippen molar-refractivity contribution in [1.82, 2.24) is 19.6 Å². The lowest BCUT2D eigenvalue weighted by Gasteiger charge is -2.07. The fourth-order valence-corrected chi connectivity index (χ4v) is 4.12. The maximum Gasteiger partial charge on any atom is 0.227 e. The Morgan fingerprint density at radius 3 is 2.32 bits per heavy atom. The molecule has 0 spiro atoms. The number of rotatable bonds is 7. The third-order valence-corrected chi connectivity index (χ3v) is 5.75. The van der Waals surface area contributed by atoms with Crippen LogP contribution < -0.4 is 4.57 Å². The molecule has 3 heterocycles. The van der Waals surface area contributed by atoms with E-state index in [1.54, 1.807) is 0 Å². The fraction of sp³-hybridized carbons (Fsp3) is 0.143. The minimum atomic E-state index is 0.0736. The highest BCUT2D eigenvalue weighted by Gasteiger charge is 2.17. The van der Waals surface area contributed by atoms with E-state index in [4.69, 9.17) is 5.10 Å². The highest BCUT2D eigenvalue weighted by molar-refractivity contribution is 5.94. The zero-order chi connectivity index (χ0) is 23.5. The first-order valence-electron chi connectivity index (χ1n) is 11.3. The van der Waals surface area contributed by atoms with Crippen LogP contribution in [0.2, 0.25) is 0 Å². The molecule has 6 heteroatoms. The second-order valence-electron chi connectivity index (χ2n) is 8.41. The van der Waals surface area contributed by atoms with Gasteiger partial charge in [-0.25, -0.2) is 4.68 Å². The lowest BCUT2D eigenvalue weighted by atomic mass is 10.1. The lowest BCUT2D eigenvalue weighted by Crippen LogP contribution is -2.37. The molecular weight excluding hydrogens is 422 g/mol. The summed E-state index contributed by atoms with van der Waals surface area (Å²) in [7, 11) is 0. The van der Waals surface area contributed by atoms with Crippen LogP contribution in [0.1, 0.15) is 27.4 Å². The summed E-state index contributed by atoms with van der Waals surface area (Å²) in [5, 5.41) is 9.51. The predicted molar refractivity (Wildman–Crippen MR) is 131 cm³/mol. The molecular formula is C28H26N5O+. The molecule has 5 rings (SSSR count). The second-order valence-corrected chi connectivity index (χ2v) is 8.41. The van der Waals surface area contributed by atoms with Gasteiger partial charge in [-0.2, -0.15) is 14.8 Å². The van der Waals surface area contributed by atoms with Gasteiger partial charge >= 0.3 is 0 Å². The van der Waals surface area contributed by atoms with E-state index in [0.29, 0.717) is 12.1 Å². The molecule has 34 heavy (non-hydrogen) atoms. The van der Waals surface area contributed by atoms with Gasteiger partial charge in [-0.15, -0.1) is 0 Å². The Balaban J connectivity index is 1.51. The topological polar surface area (TPSA) is 56.6 Å². The number of nitrogens with zero attached hydrogens (tertiary/aromatic N) is 5. The molecule has 0 fully saturated rings. The van der Waals surface area contributed by atoms with Crippen molar-refractivity contribution in [2.45, 2.75) is 26.9 Å². The molecule has 0 radical (unpaired) electrons. The van der Waals surface area contributed by atoms with Gasteiger partial charge in [-0.05, 0) is 44.2 Å². The van der Waals surface area contributed by atoms with Crippen LogP contribution in [-0.4, -0.2) is 25.3 Å². The third kappa shape index (κ3) is 4.57. The van der Waals surface area contributed by atoms with Gasteiger partial charge < -0.3 is 0 Å². The number of hydrogen-bond donors (Lipinski definition) is 0. The minimum absolute atomic E-state index is 0.0736. The molecule has 0 saturated carbocycles. The monoisotopic (exact) mass is 448 g/mol. The van der Waals surface area contributed by atoms with Gasteiger partial charge in [0.2, 0.25) is 12.3 Å². The van der Waals surface area contributed by atoms with Crippen LogP contribution in [0.3, 0.4) is 0 Å². The van der Waals surface area contributed by atoms with Crippen LogP contribution in [0.4, 0.5) is 0 Å². The van der Waals surface area contributed by atoms with Gasteiger partial charge in [0.1, 0.15) is 0 Å². The molecule has 6 nitrogen and oxygen atoms in total. The molecule has 0 aliphatic rings. The average molecular weight is 449 g/mol. The maximum atomic E-state index is 12.7. The Morgan fingerprint density at radius 1 is 0.882 bits per heavy atom. The molecule has 2 aromatic carbocycles. The number of benzene rings is 2. The number of Topliss-reactive ketones (excluding diaryl/α,β-unsaturated/α-hetero) is 1. The van der Waals surface area contributed by atoms with E-state index in [1.165, 1.54) is 0 Å². The van der Waals surface area contributed by atoms with E-state index in [1.807, 2.05) is 106 Å². The normalized spacial score (nSPS) is 11.0. The van der Waals surface area contributed by atoms with Gasteiger partial charge in [0.05, 0.1) is 34.9 Å². The summed E-state index contributed by atoms with van der Waals surface area (Å²) < 4.78 is 5.86. The smallest absolute Gasteiger partial charge is 0.227 e. The van der Waals surface area contributed by atoms with Crippen molar-refractivity contribution >= 4 is 5.78 Å². The van der Waals surface area contributed by atoms with Crippen molar-refractivity contribution in [3.63, 3.8) is 0 Å². The minimum Gasteiger partial charge on any atom is -0.287 e. The molecule has 0 N–H and O–H groups in total. The van der Waals surface area contributed by atoms with Crippen molar-refractivity contribution in [3.05, 3.63) is 120 Å². The summed E-state index contributed by atoms with van der Waals surface area (Å²) in [6, 6.07) is 27.7. The highest BCUT2D eigenvalue weighted by atomic mass is 16.1. The zero-order valence-electron chi connectivity index (χ0n) is 19.3. The quantitative estimate of drug-likeness (QED) is 0.271. The first-order chi connectivity index (χ1) is 16.6. The van der Waals surface area contributed by atoms with E-state index in [9.17, 15) is 4.79 Å². The summed E-state index contributed by atoms with van der Waals surface area (Å²) in [4.78, 5) is 12.7. The van der Waals surface area contributed by atoms with Gasteiger partial charge in [0.25, 0.3) is 0 Å². The van der Waals surface area contributed by atoms with Crippen LogP contribution >= 0.6 is 0 Å². The second kappa shape index (κ2) is 9.27. The third-order valence-electron chi connectivity index (χ3n) is 5.75. The van der Waals surface area contributed by atoms with Crippen LogP contribution in [-0.2, 0) is 13.1 Å². The molecule has 0 aliphatic carbocycles. The number of aromatic nitrogens is 5. The number of pyridine rings is 1. The summed E-state index contributed by atoms with van der Waals surface area (Å²) in [5.74, 6) is 0.0736. The highest BCUT2D eigenvalue weighted by Crippen LogP contribution is 2.24. The molecule has 0 bridgehead atoms. The van der Waals surface area contributed by atoms with Crippen molar-refractivity contribution < 1.29 is 9.36 Å². The molecule has 0 amide bonds. The summed E-state index contributed by atoms with van der Waals surface area (Å²) in [6.45, 7) is 4.91. The summed E-state index contributed by atoms with van der Waals surface area (Å²) >= 11 is 0. The van der Waals surface area contributed by atoms with Crippen molar-refractivity contribution in [1.29, 1.82) is 0 Å². The molecule has 0 atom stereocenters. The van der Waals surface area contributed by atoms with E-state index >= 15 is 0 Å². The Bertz CT molecular complexity index is 1430. The standard InChI is InChI=1S/C28H26N5O/c1-21-16-22(2)32(29-21)19-25-17-27(33(30-25)26-13-7-4-8-14-26)24-12-9-15-31(18-24)20-28(34)23-10-5-3-6-11-23/h3-18H,19-20H2,1-2H3/q+1. The fourth-order valence-electron chi connectivity index (χ4n) is 4.12. The molecule has 0 unspecified atom stereocenters. The van der Waals surface area contributed by atoms with E-state index in [2.05, 4.69) is 24.2 Å². The number of carbonyl (C=O) groups excluding carboxylic acids is 1. The molecule has 0 aliphatic heterocycles. The first-order valence-corrected chi connectivity index (χ1v) is 11.3. The summed E-state index contributed by atoms with van der Waals surface area (Å²) in [6.07, 6.45) is 3.93. The lowest BCUT2D eigenvalue weighted by molar-refractivity contribution is -0.682. The van der Waals surface area contributed by atoms with Crippen LogP contribution in [0.5, 0.6) is 0 Å². The van der Waals surface area contributed by atoms with E-state index < -0.39 is 0 Å². The zero-order valence-corrected chi connectivity index (χ0v) is 19.3. The van der Waals surface area contributed by atoms with Gasteiger partial charge in [-0.3, -0.25) is 9.48 Å².